The summed E-state index contributed by atoms with van der Waals surface area (Å²) in [4.78, 5) is 4.02. The smallest absolute Gasteiger partial charge is 0.233 e. The van der Waals surface area contributed by atoms with Gasteiger partial charge in [-0.1, -0.05) is 0 Å². The van der Waals surface area contributed by atoms with Crippen LogP contribution in [0, 0.1) is 6.92 Å². The predicted molar refractivity (Wildman–Crippen MR) is 70.6 cm³/mol. The topological polar surface area (TPSA) is 68.3 Å². The molecule has 1 heterocycles. The van der Waals surface area contributed by atoms with Crippen molar-refractivity contribution >= 4 is 31.8 Å². The largest absolute Gasteiger partial charge is 0.385 e. The Morgan fingerprint density at radius 2 is 2.24 bits per heavy atom. The monoisotopic (exact) mass is 322 g/mol. The Morgan fingerprint density at radius 3 is 2.82 bits per heavy atom. The van der Waals surface area contributed by atoms with Gasteiger partial charge in [0.2, 0.25) is 10.0 Å². The minimum absolute atomic E-state index is 0.0258. The number of aryl methyl sites for hydroxylation is 1. The lowest BCUT2D eigenvalue weighted by Crippen LogP contribution is -2.19. The Kier molecular flexibility index (Phi) is 5.35. The van der Waals surface area contributed by atoms with Gasteiger partial charge in [0.15, 0.2) is 0 Å². The first-order valence-electron chi connectivity index (χ1n) is 5.06. The third-order valence-electron chi connectivity index (χ3n) is 2.06. The van der Waals surface area contributed by atoms with E-state index in [9.17, 15) is 8.42 Å². The van der Waals surface area contributed by atoms with E-state index >= 15 is 0 Å². The maximum atomic E-state index is 11.7. The van der Waals surface area contributed by atoms with Crippen LogP contribution in [0.3, 0.4) is 0 Å². The summed E-state index contributed by atoms with van der Waals surface area (Å²) in [5, 5.41) is 0. The maximum Gasteiger partial charge on any atom is 0.233 e. The summed E-state index contributed by atoms with van der Waals surface area (Å²) >= 11 is 3.27. The van der Waals surface area contributed by atoms with Crippen molar-refractivity contribution in [3.8, 4) is 0 Å². The number of methoxy groups -OCH3 is 1. The summed E-state index contributed by atoms with van der Waals surface area (Å²) in [5.41, 5.74) is 0.773. The van der Waals surface area contributed by atoms with Gasteiger partial charge in [0, 0.05) is 24.4 Å². The Hall–Kier alpha value is -0.660. The molecule has 1 N–H and O–H groups in total. The number of rotatable bonds is 6. The fourth-order valence-electron chi connectivity index (χ4n) is 1.24. The van der Waals surface area contributed by atoms with Crippen LogP contribution in [0.5, 0.6) is 0 Å². The lowest BCUT2D eigenvalue weighted by Gasteiger charge is -2.09. The van der Waals surface area contributed by atoms with Crippen molar-refractivity contribution in [1.29, 1.82) is 0 Å². The minimum atomic E-state index is -3.35. The quantitative estimate of drug-likeness (QED) is 0.812. The van der Waals surface area contributed by atoms with Gasteiger partial charge in [-0.15, -0.1) is 0 Å². The van der Waals surface area contributed by atoms with Crippen LogP contribution in [0.1, 0.15) is 12.0 Å². The zero-order valence-corrected chi connectivity index (χ0v) is 12.1. The third kappa shape index (κ3) is 5.01. The molecular weight excluding hydrogens is 308 g/mol. The highest BCUT2D eigenvalue weighted by atomic mass is 79.9. The highest BCUT2D eigenvalue weighted by Gasteiger charge is 2.12. The van der Waals surface area contributed by atoms with E-state index < -0.39 is 10.0 Å². The molecule has 0 saturated heterocycles. The van der Waals surface area contributed by atoms with Gasteiger partial charge in [0.1, 0.15) is 5.82 Å². The number of nitrogens with zero attached hydrogens (tertiary/aromatic N) is 1. The molecule has 1 aromatic heterocycles. The van der Waals surface area contributed by atoms with Crippen LogP contribution in [-0.2, 0) is 14.8 Å². The first kappa shape index (κ1) is 14.4. The number of sulfonamides is 1. The van der Waals surface area contributed by atoms with Gasteiger partial charge in [0.25, 0.3) is 0 Å². The van der Waals surface area contributed by atoms with Gasteiger partial charge in [-0.2, -0.15) is 0 Å². The zero-order chi connectivity index (χ0) is 12.9. The molecule has 5 nitrogen and oxygen atoms in total. The third-order valence-corrected chi connectivity index (χ3v) is 3.82. The molecule has 0 aliphatic heterocycles. The summed E-state index contributed by atoms with van der Waals surface area (Å²) in [6.07, 6.45) is 2.02. The fourth-order valence-corrected chi connectivity index (χ4v) is 2.79. The molecule has 1 rings (SSSR count). The van der Waals surface area contributed by atoms with Gasteiger partial charge >= 0.3 is 0 Å². The molecule has 96 valence electrons. The van der Waals surface area contributed by atoms with E-state index in [-0.39, 0.29) is 5.75 Å². The molecule has 0 fully saturated rings. The zero-order valence-electron chi connectivity index (χ0n) is 9.73. The summed E-state index contributed by atoms with van der Waals surface area (Å²) in [6, 6.07) is 1.81. The van der Waals surface area contributed by atoms with Gasteiger partial charge in [-0.25, -0.2) is 13.4 Å². The van der Waals surface area contributed by atoms with Crippen LogP contribution in [-0.4, -0.2) is 32.9 Å². The first-order valence-corrected chi connectivity index (χ1v) is 7.51. The minimum Gasteiger partial charge on any atom is -0.385 e. The summed E-state index contributed by atoms with van der Waals surface area (Å²) in [6.45, 7) is 2.22. The van der Waals surface area contributed by atoms with Gasteiger partial charge in [0.05, 0.1) is 5.75 Å². The molecule has 0 aliphatic rings. The number of hydrogen-bond donors (Lipinski definition) is 1. The molecule has 0 unspecified atom stereocenters. The lowest BCUT2D eigenvalue weighted by atomic mass is 10.3. The highest BCUT2D eigenvalue weighted by Crippen LogP contribution is 2.17. The molecule has 0 saturated carbocycles. The second-order valence-corrected chi connectivity index (χ2v) is 6.34. The first-order chi connectivity index (χ1) is 7.94. The number of hydrogen-bond acceptors (Lipinski definition) is 4. The van der Waals surface area contributed by atoms with Gasteiger partial charge < -0.3 is 4.74 Å². The van der Waals surface area contributed by atoms with Crippen LogP contribution in [0.15, 0.2) is 16.7 Å². The molecule has 0 bridgehead atoms. The summed E-state index contributed by atoms with van der Waals surface area (Å²) in [5.74, 6) is 0.392. The average molecular weight is 323 g/mol. The van der Waals surface area contributed by atoms with Crippen LogP contribution in [0.4, 0.5) is 5.82 Å². The fraction of sp³-hybridized carbons (Fsp3) is 0.500. The standard InChI is InChI=1S/C10H15BrN2O3S/c1-8-6-9(11)7-12-10(8)13-17(14,15)5-3-4-16-2/h6-7H,3-5H2,1-2H3,(H,12,13). The second kappa shape index (κ2) is 6.32. The number of anilines is 1. The molecule has 0 aromatic carbocycles. The number of nitrogens with one attached hydrogen (secondary N) is 1. The molecular formula is C10H15BrN2O3S. The van der Waals surface area contributed by atoms with E-state index in [0.29, 0.717) is 18.8 Å². The number of halogens is 1. The molecule has 0 amide bonds. The molecule has 0 atom stereocenters. The van der Waals surface area contributed by atoms with Crippen molar-refractivity contribution in [3.05, 3.63) is 22.3 Å². The predicted octanol–water partition coefficient (Wildman–Crippen LogP) is 1.93. The second-order valence-electron chi connectivity index (χ2n) is 3.59. The van der Waals surface area contributed by atoms with E-state index in [1.165, 1.54) is 0 Å². The van der Waals surface area contributed by atoms with E-state index in [4.69, 9.17) is 4.74 Å². The van der Waals surface area contributed by atoms with E-state index in [2.05, 4.69) is 25.6 Å². The van der Waals surface area contributed by atoms with Gasteiger partial charge in [-0.05, 0) is 40.9 Å². The Bertz CT molecular complexity index is 476. The van der Waals surface area contributed by atoms with Crippen molar-refractivity contribution < 1.29 is 13.2 Å². The normalized spacial score (nSPS) is 11.5. The van der Waals surface area contributed by atoms with Gasteiger partial charge in [-0.3, -0.25) is 4.72 Å². The molecule has 0 radical (unpaired) electrons. The van der Waals surface area contributed by atoms with Crippen LogP contribution < -0.4 is 4.72 Å². The molecule has 0 spiro atoms. The van der Waals surface area contributed by atoms with E-state index in [1.54, 1.807) is 26.3 Å². The van der Waals surface area contributed by atoms with Crippen molar-refractivity contribution in [2.75, 3.05) is 24.2 Å². The van der Waals surface area contributed by atoms with Crippen LogP contribution >= 0.6 is 15.9 Å². The Balaban J connectivity index is 2.69. The number of aromatic nitrogens is 1. The van der Waals surface area contributed by atoms with E-state index in [0.717, 1.165) is 10.0 Å². The highest BCUT2D eigenvalue weighted by molar-refractivity contribution is 9.10. The van der Waals surface area contributed by atoms with Crippen LogP contribution in [0.2, 0.25) is 0 Å². The Labute approximate surface area is 110 Å². The van der Waals surface area contributed by atoms with Crippen molar-refractivity contribution in [2.24, 2.45) is 0 Å². The van der Waals surface area contributed by atoms with Crippen molar-refractivity contribution in [1.82, 2.24) is 4.98 Å². The van der Waals surface area contributed by atoms with Crippen molar-refractivity contribution in [3.63, 3.8) is 0 Å². The number of pyridine rings is 1. The maximum absolute atomic E-state index is 11.7. The molecule has 1 aromatic rings. The number of ether oxygens (including phenoxy) is 1. The molecule has 7 heteroatoms. The molecule has 0 aliphatic carbocycles. The lowest BCUT2D eigenvalue weighted by molar-refractivity contribution is 0.199. The Morgan fingerprint density at radius 1 is 1.53 bits per heavy atom. The SMILES string of the molecule is COCCCS(=O)(=O)Nc1ncc(Br)cc1C. The van der Waals surface area contributed by atoms with Crippen LogP contribution in [0.25, 0.3) is 0 Å². The summed E-state index contributed by atoms with van der Waals surface area (Å²) < 4.78 is 31.5. The summed E-state index contributed by atoms with van der Waals surface area (Å²) in [7, 11) is -1.81. The molecule has 17 heavy (non-hydrogen) atoms. The van der Waals surface area contributed by atoms with Crippen molar-refractivity contribution in [2.45, 2.75) is 13.3 Å². The average Bonchev–Trinajstić information content (AvgIpc) is 2.22. The van der Waals surface area contributed by atoms with E-state index in [1.807, 2.05) is 0 Å².